The van der Waals surface area contributed by atoms with Gasteiger partial charge in [-0.3, -0.25) is 0 Å². The van der Waals surface area contributed by atoms with Gasteiger partial charge in [-0.25, -0.2) is 4.98 Å². The quantitative estimate of drug-likeness (QED) is 0.787. The highest BCUT2D eigenvalue weighted by atomic mass is 16.3. The molecular formula is C22H22N2O. The average Bonchev–Trinajstić information content (AvgIpc) is 2.67. The molecule has 3 aromatic rings. The van der Waals surface area contributed by atoms with Crippen molar-refractivity contribution in [1.29, 1.82) is 0 Å². The second-order valence-electron chi connectivity index (χ2n) is 6.60. The number of benzene rings is 2. The lowest BCUT2D eigenvalue weighted by Crippen LogP contribution is -2.31. The molecule has 1 unspecified atom stereocenters. The Hall–Kier alpha value is -2.65. The third-order valence-corrected chi connectivity index (χ3v) is 4.98. The van der Waals surface area contributed by atoms with Gasteiger partial charge in [0.05, 0.1) is 0 Å². The van der Waals surface area contributed by atoms with Crippen molar-refractivity contribution in [3.63, 3.8) is 0 Å². The molecule has 2 aromatic carbocycles. The number of anilines is 1. The van der Waals surface area contributed by atoms with Crippen LogP contribution in [0.25, 0.3) is 0 Å². The standard InChI is InChI=1S/C22H22N2O/c1-16-20(22(25)18-8-3-2-4-9-18)11-12-21(23-16)24-14-13-17-7-5-6-10-19(17)15-24/h2-12,22,25H,13-15H2,1H3. The van der Waals surface area contributed by atoms with Gasteiger partial charge in [-0.15, -0.1) is 0 Å². The summed E-state index contributed by atoms with van der Waals surface area (Å²) in [5.41, 5.74) is 5.46. The van der Waals surface area contributed by atoms with Crippen molar-refractivity contribution in [2.75, 3.05) is 11.4 Å². The van der Waals surface area contributed by atoms with E-state index in [-0.39, 0.29) is 0 Å². The number of aliphatic hydroxyl groups is 1. The van der Waals surface area contributed by atoms with E-state index in [1.54, 1.807) is 0 Å². The molecule has 1 atom stereocenters. The molecule has 2 heterocycles. The first-order valence-corrected chi connectivity index (χ1v) is 8.74. The maximum absolute atomic E-state index is 10.7. The van der Waals surface area contributed by atoms with E-state index in [0.717, 1.165) is 42.1 Å². The number of hydrogen-bond donors (Lipinski definition) is 1. The molecule has 0 radical (unpaired) electrons. The fourth-order valence-corrected chi connectivity index (χ4v) is 3.53. The minimum absolute atomic E-state index is 0.634. The van der Waals surface area contributed by atoms with Crippen molar-refractivity contribution < 1.29 is 5.11 Å². The second kappa shape index (κ2) is 6.69. The Kier molecular flexibility index (Phi) is 4.24. The largest absolute Gasteiger partial charge is 0.384 e. The maximum Gasteiger partial charge on any atom is 0.129 e. The van der Waals surface area contributed by atoms with Gasteiger partial charge in [0.1, 0.15) is 11.9 Å². The van der Waals surface area contributed by atoms with Gasteiger partial charge in [-0.05, 0) is 36.1 Å². The summed E-state index contributed by atoms with van der Waals surface area (Å²) < 4.78 is 0. The fourth-order valence-electron chi connectivity index (χ4n) is 3.53. The number of aryl methyl sites for hydroxylation is 1. The summed E-state index contributed by atoms with van der Waals surface area (Å²) in [5.74, 6) is 0.982. The van der Waals surface area contributed by atoms with Crippen LogP contribution in [0.4, 0.5) is 5.82 Å². The summed E-state index contributed by atoms with van der Waals surface area (Å²) in [4.78, 5) is 7.10. The summed E-state index contributed by atoms with van der Waals surface area (Å²) in [5, 5.41) is 10.7. The van der Waals surface area contributed by atoms with E-state index in [0.29, 0.717) is 0 Å². The van der Waals surface area contributed by atoms with Gasteiger partial charge in [-0.2, -0.15) is 0 Å². The predicted octanol–water partition coefficient (Wildman–Crippen LogP) is 4.03. The molecule has 0 amide bonds. The van der Waals surface area contributed by atoms with E-state index in [9.17, 15) is 5.11 Å². The van der Waals surface area contributed by atoms with Gasteiger partial charge < -0.3 is 10.0 Å². The molecule has 0 spiro atoms. The van der Waals surface area contributed by atoms with E-state index in [4.69, 9.17) is 4.98 Å². The van der Waals surface area contributed by atoms with E-state index in [2.05, 4.69) is 29.2 Å². The number of fused-ring (bicyclic) bond motifs is 1. The number of rotatable bonds is 3. The summed E-state index contributed by atoms with van der Waals surface area (Å²) in [7, 11) is 0. The monoisotopic (exact) mass is 330 g/mol. The first-order chi connectivity index (χ1) is 12.2. The third-order valence-electron chi connectivity index (χ3n) is 4.98. The predicted molar refractivity (Wildman–Crippen MR) is 101 cm³/mol. The molecule has 1 aliphatic rings. The van der Waals surface area contributed by atoms with Crippen molar-refractivity contribution in [3.05, 3.63) is 94.7 Å². The van der Waals surface area contributed by atoms with Gasteiger partial charge in [0.25, 0.3) is 0 Å². The number of aromatic nitrogens is 1. The molecule has 0 saturated carbocycles. The number of aliphatic hydroxyl groups excluding tert-OH is 1. The van der Waals surface area contributed by atoms with Crippen LogP contribution in [0, 0.1) is 6.92 Å². The Morgan fingerprint density at radius 3 is 2.40 bits per heavy atom. The Morgan fingerprint density at radius 2 is 1.64 bits per heavy atom. The molecule has 0 bridgehead atoms. The lowest BCUT2D eigenvalue weighted by molar-refractivity contribution is 0.219. The summed E-state index contributed by atoms with van der Waals surface area (Å²) in [6, 6.07) is 22.4. The average molecular weight is 330 g/mol. The van der Waals surface area contributed by atoms with Crippen LogP contribution in [0.5, 0.6) is 0 Å². The van der Waals surface area contributed by atoms with Crippen LogP contribution < -0.4 is 4.90 Å². The molecule has 0 fully saturated rings. The van der Waals surface area contributed by atoms with Crippen molar-refractivity contribution in [1.82, 2.24) is 4.98 Å². The van der Waals surface area contributed by atoms with Crippen LogP contribution in [0.2, 0.25) is 0 Å². The molecule has 3 heteroatoms. The van der Waals surface area contributed by atoms with E-state index in [1.807, 2.05) is 49.4 Å². The zero-order valence-corrected chi connectivity index (χ0v) is 14.4. The van der Waals surface area contributed by atoms with Gasteiger partial charge in [0, 0.05) is 24.3 Å². The molecule has 1 aromatic heterocycles. The Bertz CT molecular complexity index is 876. The highest BCUT2D eigenvalue weighted by Gasteiger charge is 2.19. The van der Waals surface area contributed by atoms with E-state index in [1.165, 1.54) is 11.1 Å². The summed E-state index contributed by atoms with van der Waals surface area (Å²) in [6.07, 6.45) is 0.413. The molecule has 0 saturated heterocycles. The minimum Gasteiger partial charge on any atom is -0.384 e. The van der Waals surface area contributed by atoms with Crippen LogP contribution in [0.1, 0.15) is 34.1 Å². The number of pyridine rings is 1. The highest BCUT2D eigenvalue weighted by molar-refractivity contribution is 5.47. The smallest absolute Gasteiger partial charge is 0.129 e. The van der Waals surface area contributed by atoms with Gasteiger partial charge >= 0.3 is 0 Å². The first kappa shape index (κ1) is 15.9. The van der Waals surface area contributed by atoms with Crippen LogP contribution in [0.15, 0.2) is 66.7 Å². The molecule has 1 N–H and O–H groups in total. The second-order valence-corrected chi connectivity index (χ2v) is 6.60. The summed E-state index contributed by atoms with van der Waals surface area (Å²) in [6.45, 7) is 3.84. The fraction of sp³-hybridized carbons (Fsp3) is 0.227. The molecular weight excluding hydrogens is 308 g/mol. The normalized spacial score (nSPS) is 14.9. The molecule has 126 valence electrons. The van der Waals surface area contributed by atoms with Crippen molar-refractivity contribution in [2.45, 2.75) is 26.0 Å². The topological polar surface area (TPSA) is 36.4 Å². The van der Waals surface area contributed by atoms with Gasteiger partial charge in [0.2, 0.25) is 0 Å². The summed E-state index contributed by atoms with van der Waals surface area (Å²) >= 11 is 0. The van der Waals surface area contributed by atoms with Gasteiger partial charge in [0.15, 0.2) is 0 Å². The number of hydrogen-bond acceptors (Lipinski definition) is 3. The molecule has 25 heavy (non-hydrogen) atoms. The Labute approximate surface area is 148 Å². The Morgan fingerprint density at radius 1 is 0.920 bits per heavy atom. The molecule has 3 nitrogen and oxygen atoms in total. The van der Waals surface area contributed by atoms with Crippen molar-refractivity contribution >= 4 is 5.82 Å². The van der Waals surface area contributed by atoms with Crippen LogP contribution in [0.3, 0.4) is 0 Å². The Balaban J connectivity index is 1.58. The van der Waals surface area contributed by atoms with E-state index >= 15 is 0 Å². The molecule has 4 rings (SSSR count). The molecule has 0 aliphatic carbocycles. The zero-order valence-electron chi connectivity index (χ0n) is 14.4. The van der Waals surface area contributed by atoms with Crippen molar-refractivity contribution in [2.24, 2.45) is 0 Å². The van der Waals surface area contributed by atoms with Crippen LogP contribution in [-0.2, 0) is 13.0 Å². The highest BCUT2D eigenvalue weighted by Crippen LogP contribution is 2.28. The van der Waals surface area contributed by atoms with Gasteiger partial charge in [-0.1, -0.05) is 60.7 Å². The van der Waals surface area contributed by atoms with Crippen LogP contribution in [-0.4, -0.2) is 16.6 Å². The van der Waals surface area contributed by atoms with Crippen molar-refractivity contribution in [3.8, 4) is 0 Å². The maximum atomic E-state index is 10.7. The first-order valence-electron chi connectivity index (χ1n) is 8.74. The van der Waals surface area contributed by atoms with Crippen LogP contribution >= 0.6 is 0 Å². The third kappa shape index (κ3) is 3.15. The lowest BCUT2D eigenvalue weighted by Gasteiger charge is -2.30. The SMILES string of the molecule is Cc1nc(N2CCc3ccccc3C2)ccc1C(O)c1ccccc1. The zero-order chi connectivity index (χ0) is 17.2. The number of nitrogens with zero attached hydrogens (tertiary/aromatic N) is 2. The molecule has 1 aliphatic heterocycles. The minimum atomic E-state index is -0.634. The van der Waals surface area contributed by atoms with E-state index < -0.39 is 6.10 Å². The lowest BCUT2D eigenvalue weighted by atomic mass is 9.99.